The van der Waals surface area contributed by atoms with E-state index in [0.29, 0.717) is 5.75 Å². The van der Waals surface area contributed by atoms with Crippen molar-refractivity contribution in [3.8, 4) is 5.75 Å². The van der Waals surface area contributed by atoms with Crippen LogP contribution in [0.4, 0.5) is 0 Å². The third-order valence-electron chi connectivity index (χ3n) is 2.21. The predicted octanol–water partition coefficient (Wildman–Crippen LogP) is 1.50. The lowest BCUT2D eigenvalue weighted by Gasteiger charge is -2.03. The molecule has 0 saturated heterocycles. The molecule has 0 aliphatic rings. The maximum Gasteiger partial charge on any atom is 0.342 e. The third kappa shape index (κ3) is 1.42. The quantitative estimate of drug-likeness (QED) is 0.829. The highest BCUT2D eigenvalue weighted by Crippen LogP contribution is 2.23. The average molecular weight is 220 g/mol. The second-order valence-corrected chi connectivity index (χ2v) is 3.12. The van der Waals surface area contributed by atoms with Gasteiger partial charge >= 0.3 is 5.97 Å². The summed E-state index contributed by atoms with van der Waals surface area (Å²) in [5, 5.41) is 8.95. The van der Waals surface area contributed by atoms with Gasteiger partial charge in [0, 0.05) is 0 Å². The first-order valence-electron chi connectivity index (χ1n) is 4.47. The minimum atomic E-state index is -1.31. The first kappa shape index (κ1) is 10.2. The van der Waals surface area contributed by atoms with Gasteiger partial charge in [0.1, 0.15) is 11.8 Å². The fourth-order valence-electron chi connectivity index (χ4n) is 1.44. The van der Waals surface area contributed by atoms with Crippen LogP contribution in [0.3, 0.4) is 0 Å². The smallest absolute Gasteiger partial charge is 0.342 e. The zero-order chi connectivity index (χ0) is 11.7. The molecule has 2 aromatic rings. The van der Waals surface area contributed by atoms with Crippen molar-refractivity contribution in [2.24, 2.45) is 0 Å². The lowest BCUT2D eigenvalue weighted by atomic mass is 10.1. The van der Waals surface area contributed by atoms with E-state index >= 15 is 0 Å². The number of hydrogen-bond donors (Lipinski definition) is 1. The van der Waals surface area contributed by atoms with Crippen LogP contribution in [0.15, 0.2) is 33.7 Å². The topological polar surface area (TPSA) is 76.7 Å². The molecule has 0 bridgehead atoms. The summed E-state index contributed by atoms with van der Waals surface area (Å²) in [5.74, 6) is -0.912. The van der Waals surface area contributed by atoms with Crippen LogP contribution >= 0.6 is 0 Å². The highest BCUT2D eigenvalue weighted by Gasteiger charge is 2.14. The van der Waals surface area contributed by atoms with E-state index in [-0.39, 0.29) is 16.5 Å². The van der Waals surface area contributed by atoms with Gasteiger partial charge in [-0.25, -0.2) is 4.79 Å². The van der Waals surface area contributed by atoms with E-state index in [1.165, 1.54) is 13.2 Å². The Bertz CT molecular complexity index is 611. The van der Waals surface area contributed by atoms with Crippen LogP contribution in [0.2, 0.25) is 0 Å². The van der Waals surface area contributed by atoms with Crippen LogP contribution in [-0.4, -0.2) is 18.2 Å². The van der Waals surface area contributed by atoms with Gasteiger partial charge in [0.05, 0.1) is 12.5 Å². The van der Waals surface area contributed by atoms with Gasteiger partial charge in [0.2, 0.25) is 5.43 Å². The highest BCUT2D eigenvalue weighted by atomic mass is 16.5. The summed E-state index contributed by atoms with van der Waals surface area (Å²) in [6.45, 7) is 0. The molecule has 0 fully saturated rings. The van der Waals surface area contributed by atoms with Gasteiger partial charge in [-0.1, -0.05) is 6.07 Å². The van der Waals surface area contributed by atoms with Gasteiger partial charge in [0.15, 0.2) is 11.3 Å². The van der Waals surface area contributed by atoms with Crippen molar-refractivity contribution in [1.29, 1.82) is 0 Å². The van der Waals surface area contributed by atoms with E-state index in [0.717, 1.165) is 6.26 Å². The highest BCUT2D eigenvalue weighted by molar-refractivity contribution is 5.92. The number of carboxylic acid groups (broad SMARTS) is 1. The van der Waals surface area contributed by atoms with Crippen molar-refractivity contribution in [3.63, 3.8) is 0 Å². The number of ether oxygens (including phenoxy) is 1. The molecule has 1 N–H and O–H groups in total. The standard InChI is InChI=1S/C11H8O5/c1-15-8-4-2-3-6-9(12)7(11(13)14)5-16-10(6)8/h2-5H,1H3,(H,13,14). The second-order valence-electron chi connectivity index (χ2n) is 3.12. The van der Waals surface area contributed by atoms with Crippen molar-refractivity contribution in [3.05, 3.63) is 40.2 Å². The molecular formula is C11H8O5. The van der Waals surface area contributed by atoms with Crippen molar-refractivity contribution in [2.45, 2.75) is 0 Å². The third-order valence-corrected chi connectivity index (χ3v) is 2.21. The average Bonchev–Trinajstić information content (AvgIpc) is 2.28. The molecule has 0 aliphatic heterocycles. The number of fused-ring (bicyclic) bond motifs is 1. The molecule has 16 heavy (non-hydrogen) atoms. The second kappa shape index (κ2) is 3.69. The molecule has 0 amide bonds. The Kier molecular flexibility index (Phi) is 2.36. The molecule has 0 spiro atoms. The molecular weight excluding hydrogens is 212 g/mol. The molecule has 2 rings (SSSR count). The van der Waals surface area contributed by atoms with Crippen LogP contribution in [0, 0.1) is 0 Å². The fourth-order valence-corrected chi connectivity index (χ4v) is 1.44. The van der Waals surface area contributed by atoms with Gasteiger partial charge in [-0.3, -0.25) is 4.79 Å². The van der Waals surface area contributed by atoms with Crippen LogP contribution in [-0.2, 0) is 0 Å². The number of carbonyl (C=O) groups is 1. The molecule has 1 aromatic carbocycles. The number of benzene rings is 1. The molecule has 5 heteroatoms. The van der Waals surface area contributed by atoms with E-state index in [2.05, 4.69) is 0 Å². The summed E-state index contributed by atoms with van der Waals surface area (Å²) >= 11 is 0. The molecule has 0 radical (unpaired) electrons. The Morgan fingerprint density at radius 3 is 2.81 bits per heavy atom. The summed E-state index contributed by atoms with van der Waals surface area (Å²) in [6, 6.07) is 4.73. The first-order valence-corrected chi connectivity index (χ1v) is 4.47. The van der Waals surface area contributed by atoms with E-state index in [9.17, 15) is 9.59 Å². The molecule has 0 aliphatic carbocycles. The maximum absolute atomic E-state index is 11.7. The Balaban J connectivity index is 2.87. The Morgan fingerprint density at radius 1 is 1.44 bits per heavy atom. The van der Waals surface area contributed by atoms with Crippen LogP contribution in [0.5, 0.6) is 5.75 Å². The van der Waals surface area contributed by atoms with Crippen LogP contribution in [0.1, 0.15) is 10.4 Å². The lowest BCUT2D eigenvalue weighted by molar-refractivity contribution is 0.0693. The van der Waals surface area contributed by atoms with E-state index in [1.807, 2.05) is 0 Å². The number of hydrogen-bond acceptors (Lipinski definition) is 4. The SMILES string of the molecule is COc1cccc2c(=O)c(C(=O)O)coc12. The molecule has 0 saturated carbocycles. The van der Waals surface area contributed by atoms with Gasteiger partial charge in [-0.2, -0.15) is 0 Å². The summed E-state index contributed by atoms with van der Waals surface area (Å²) in [5.41, 5.74) is -0.714. The number of para-hydroxylation sites is 1. The summed E-state index contributed by atoms with van der Waals surface area (Å²) in [4.78, 5) is 22.5. The van der Waals surface area contributed by atoms with Crippen molar-refractivity contribution >= 4 is 16.9 Å². The fraction of sp³-hybridized carbons (Fsp3) is 0.0909. The molecule has 82 valence electrons. The minimum absolute atomic E-state index is 0.194. The number of methoxy groups -OCH3 is 1. The Morgan fingerprint density at radius 2 is 2.19 bits per heavy atom. The zero-order valence-electron chi connectivity index (χ0n) is 8.39. The number of rotatable bonds is 2. The molecule has 0 atom stereocenters. The van der Waals surface area contributed by atoms with Gasteiger partial charge in [-0.05, 0) is 12.1 Å². The first-order chi connectivity index (χ1) is 7.65. The van der Waals surface area contributed by atoms with Gasteiger partial charge in [0.25, 0.3) is 0 Å². The summed E-state index contributed by atoms with van der Waals surface area (Å²) in [7, 11) is 1.44. The van der Waals surface area contributed by atoms with Crippen molar-refractivity contribution in [1.82, 2.24) is 0 Å². The Hall–Kier alpha value is -2.30. The van der Waals surface area contributed by atoms with E-state index in [4.69, 9.17) is 14.3 Å². The monoisotopic (exact) mass is 220 g/mol. The van der Waals surface area contributed by atoms with Crippen molar-refractivity contribution in [2.75, 3.05) is 7.11 Å². The zero-order valence-corrected chi connectivity index (χ0v) is 8.39. The van der Waals surface area contributed by atoms with Crippen molar-refractivity contribution < 1.29 is 19.1 Å². The van der Waals surface area contributed by atoms with E-state index in [1.54, 1.807) is 12.1 Å². The van der Waals surface area contributed by atoms with Crippen LogP contribution < -0.4 is 10.2 Å². The largest absolute Gasteiger partial charge is 0.493 e. The predicted molar refractivity (Wildman–Crippen MR) is 56.0 cm³/mol. The molecule has 0 unspecified atom stereocenters. The van der Waals surface area contributed by atoms with E-state index < -0.39 is 11.4 Å². The Labute approximate surface area is 89.9 Å². The number of carboxylic acids is 1. The maximum atomic E-state index is 11.7. The molecule has 1 aromatic heterocycles. The van der Waals surface area contributed by atoms with Crippen LogP contribution in [0.25, 0.3) is 11.0 Å². The summed E-state index contributed by atoms with van der Waals surface area (Å²) in [6.07, 6.45) is 0.926. The number of aromatic carboxylic acids is 1. The van der Waals surface area contributed by atoms with Gasteiger partial charge < -0.3 is 14.3 Å². The lowest BCUT2D eigenvalue weighted by Crippen LogP contribution is -2.14. The molecule has 1 heterocycles. The minimum Gasteiger partial charge on any atom is -0.493 e. The van der Waals surface area contributed by atoms with Gasteiger partial charge in [-0.15, -0.1) is 0 Å². The molecule has 5 nitrogen and oxygen atoms in total. The summed E-state index contributed by atoms with van der Waals surface area (Å²) < 4.78 is 10.1. The normalized spacial score (nSPS) is 10.3.